The van der Waals surface area contributed by atoms with Gasteiger partial charge in [0, 0.05) is 6.42 Å². The van der Waals surface area contributed by atoms with Crippen molar-refractivity contribution in [2.24, 2.45) is 0 Å². The lowest BCUT2D eigenvalue weighted by atomic mass is 9.89. The van der Waals surface area contributed by atoms with Crippen LogP contribution in [0.4, 0.5) is 4.39 Å². The molecule has 1 aromatic rings. The Bertz CT molecular complexity index is 361. The molecule has 0 spiro atoms. The van der Waals surface area contributed by atoms with Gasteiger partial charge in [0.05, 0.1) is 0 Å². The Morgan fingerprint density at radius 2 is 1.89 bits per heavy atom. The summed E-state index contributed by atoms with van der Waals surface area (Å²) in [5.41, 5.74) is 1.45. The number of hydrogen-bond acceptors (Lipinski definition) is 1. The normalized spacial score (nSPS) is 25.1. The van der Waals surface area contributed by atoms with Gasteiger partial charge < -0.3 is 5.32 Å². The van der Waals surface area contributed by atoms with Gasteiger partial charge in [0.15, 0.2) is 0 Å². The number of alkyl halides is 1. The van der Waals surface area contributed by atoms with Crippen LogP contribution in [0.2, 0.25) is 0 Å². The van der Waals surface area contributed by atoms with Crippen LogP contribution in [0.1, 0.15) is 50.2 Å². The third kappa shape index (κ3) is 3.55. The highest BCUT2D eigenvalue weighted by Crippen LogP contribution is 2.29. The van der Waals surface area contributed by atoms with Gasteiger partial charge in [-0.1, -0.05) is 38.1 Å². The molecule has 1 nitrogen and oxygen atoms in total. The Labute approximate surface area is 110 Å². The molecule has 0 bridgehead atoms. The van der Waals surface area contributed by atoms with Gasteiger partial charge in [0.25, 0.3) is 0 Å². The lowest BCUT2D eigenvalue weighted by Gasteiger charge is -2.23. The molecule has 0 amide bonds. The van der Waals surface area contributed by atoms with Crippen LogP contribution in [0.25, 0.3) is 0 Å². The largest absolute Gasteiger partial charge is 0.317 e. The van der Waals surface area contributed by atoms with Crippen molar-refractivity contribution in [2.75, 3.05) is 13.1 Å². The van der Waals surface area contributed by atoms with Gasteiger partial charge in [-0.15, -0.1) is 0 Å². The Kier molecular flexibility index (Phi) is 4.39. The molecule has 1 aliphatic heterocycles. The van der Waals surface area contributed by atoms with Gasteiger partial charge in [0.2, 0.25) is 0 Å². The maximum atomic E-state index is 14.7. The highest BCUT2D eigenvalue weighted by atomic mass is 19.1. The summed E-state index contributed by atoms with van der Waals surface area (Å²) in [6.07, 6.45) is 2.83. The average Bonchev–Trinajstić information content (AvgIpc) is 2.55. The molecule has 1 N–H and O–H groups in total. The van der Waals surface area contributed by atoms with Crippen LogP contribution < -0.4 is 5.32 Å². The molecule has 0 saturated carbocycles. The van der Waals surface area contributed by atoms with E-state index in [9.17, 15) is 4.39 Å². The second-order valence-corrected chi connectivity index (χ2v) is 5.83. The maximum absolute atomic E-state index is 14.7. The number of hydrogen-bond donors (Lipinski definition) is 1. The maximum Gasteiger partial charge on any atom is 0.116 e. The molecule has 2 heteroatoms. The molecule has 2 rings (SSSR count). The van der Waals surface area contributed by atoms with E-state index in [0.29, 0.717) is 25.2 Å². The first-order valence-electron chi connectivity index (χ1n) is 7.08. The molecule has 1 saturated heterocycles. The van der Waals surface area contributed by atoms with E-state index in [1.807, 2.05) is 0 Å². The van der Waals surface area contributed by atoms with Crippen LogP contribution in [0.3, 0.4) is 0 Å². The SMILES string of the molecule is CC(C)c1ccc(CC2(F)CCCNCC2)cc1. The Morgan fingerprint density at radius 1 is 1.17 bits per heavy atom. The predicted octanol–water partition coefficient (Wildman–Crippen LogP) is 3.83. The van der Waals surface area contributed by atoms with Gasteiger partial charge in [-0.05, 0) is 49.4 Å². The molecule has 18 heavy (non-hydrogen) atoms. The summed E-state index contributed by atoms with van der Waals surface area (Å²) >= 11 is 0. The van der Waals surface area contributed by atoms with E-state index in [2.05, 4.69) is 43.4 Å². The highest BCUT2D eigenvalue weighted by molar-refractivity contribution is 5.25. The minimum atomic E-state index is -1.01. The highest BCUT2D eigenvalue weighted by Gasteiger charge is 2.30. The van der Waals surface area contributed by atoms with Crippen molar-refractivity contribution >= 4 is 0 Å². The average molecular weight is 249 g/mol. The molecular formula is C16H24FN. The number of benzene rings is 1. The molecule has 1 fully saturated rings. The number of rotatable bonds is 3. The van der Waals surface area contributed by atoms with Gasteiger partial charge in [0.1, 0.15) is 5.67 Å². The first-order valence-corrected chi connectivity index (χ1v) is 7.08. The molecular weight excluding hydrogens is 225 g/mol. The van der Waals surface area contributed by atoms with Gasteiger partial charge in [-0.25, -0.2) is 4.39 Å². The fraction of sp³-hybridized carbons (Fsp3) is 0.625. The van der Waals surface area contributed by atoms with Gasteiger partial charge in [-0.2, -0.15) is 0 Å². The molecule has 1 unspecified atom stereocenters. The molecule has 0 aromatic heterocycles. The standard InChI is InChI=1S/C16H24FN/c1-13(2)15-6-4-14(5-7-15)12-16(17)8-3-10-18-11-9-16/h4-7,13,18H,3,8-12H2,1-2H3. The molecule has 100 valence electrons. The fourth-order valence-electron chi connectivity index (χ4n) is 2.66. The first kappa shape index (κ1) is 13.5. The monoisotopic (exact) mass is 249 g/mol. The van der Waals surface area contributed by atoms with E-state index in [1.165, 1.54) is 5.56 Å². The second kappa shape index (κ2) is 5.83. The van der Waals surface area contributed by atoms with Crippen molar-refractivity contribution in [3.05, 3.63) is 35.4 Å². The number of halogens is 1. The lowest BCUT2D eigenvalue weighted by Crippen LogP contribution is -2.27. The summed E-state index contributed by atoms with van der Waals surface area (Å²) in [6, 6.07) is 8.46. The van der Waals surface area contributed by atoms with Crippen molar-refractivity contribution in [3.8, 4) is 0 Å². The van der Waals surface area contributed by atoms with Gasteiger partial charge in [-0.3, -0.25) is 0 Å². The quantitative estimate of drug-likeness (QED) is 0.858. The lowest BCUT2D eigenvalue weighted by molar-refractivity contribution is 0.144. The molecule has 0 radical (unpaired) electrons. The number of nitrogens with one attached hydrogen (secondary N) is 1. The van der Waals surface area contributed by atoms with Crippen LogP contribution in [0, 0.1) is 0 Å². The smallest absolute Gasteiger partial charge is 0.116 e. The Balaban J connectivity index is 2.03. The Hall–Kier alpha value is -0.890. The van der Waals surface area contributed by atoms with Crippen molar-refractivity contribution < 1.29 is 4.39 Å². The van der Waals surface area contributed by atoms with Crippen molar-refractivity contribution in [1.29, 1.82) is 0 Å². The summed E-state index contributed by atoms with van der Waals surface area (Å²) in [4.78, 5) is 0. The summed E-state index contributed by atoms with van der Waals surface area (Å²) in [5, 5.41) is 3.27. The second-order valence-electron chi connectivity index (χ2n) is 5.83. The van der Waals surface area contributed by atoms with Crippen LogP contribution in [0.5, 0.6) is 0 Å². The summed E-state index contributed by atoms with van der Waals surface area (Å²) in [5.74, 6) is 0.542. The van der Waals surface area contributed by atoms with Gasteiger partial charge >= 0.3 is 0 Å². The zero-order valence-corrected chi connectivity index (χ0v) is 11.5. The zero-order valence-electron chi connectivity index (χ0n) is 11.5. The van der Waals surface area contributed by atoms with Crippen LogP contribution in [0.15, 0.2) is 24.3 Å². The minimum Gasteiger partial charge on any atom is -0.317 e. The molecule has 1 atom stereocenters. The molecule has 0 aliphatic carbocycles. The van der Waals surface area contributed by atoms with Crippen molar-refractivity contribution in [1.82, 2.24) is 5.32 Å². The van der Waals surface area contributed by atoms with E-state index in [4.69, 9.17) is 0 Å². The summed E-state index contributed by atoms with van der Waals surface area (Å²) in [7, 11) is 0. The van der Waals surface area contributed by atoms with E-state index < -0.39 is 5.67 Å². The van der Waals surface area contributed by atoms with Crippen LogP contribution in [-0.4, -0.2) is 18.8 Å². The molecule has 1 aliphatic rings. The van der Waals surface area contributed by atoms with Crippen molar-refractivity contribution in [2.45, 2.75) is 51.1 Å². The van der Waals surface area contributed by atoms with Crippen LogP contribution >= 0.6 is 0 Å². The zero-order chi connectivity index (χ0) is 13.0. The van der Waals surface area contributed by atoms with E-state index in [0.717, 1.165) is 25.1 Å². The Morgan fingerprint density at radius 3 is 2.56 bits per heavy atom. The summed E-state index contributed by atoms with van der Waals surface area (Å²) in [6.45, 7) is 6.13. The molecule has 1 heterocycles. The third-order valence-corrected chi connectivity index (χ3v) is 3.90. The minimum absolute atomic E-state index is 0.542. The molecule has 1 aromatic carbocycles. The van der Waals surface area contributed by atoms with E-state index in [1.54, 1.807) is 0 Å². The van der Waals surface area contributed by atoms with E-state index >= 15 is 0 Å². The fourth-order valence-corrected chi connectivity index (χ4v) is 2.66. The third-order valence-electron chi connectivity index (χ3n) is 3.90. The topological polar surface area (TPSA) is 12.0 Å². The first-order chi connectivity index (χ1) is 8.59. The van der Waals surface area contributed by atoms with Crippen molar-refractivity contribution in [3.63, 3.8) is 0 Å². The van der Waals surface area contributed by atoms with E-state index in [-0.39, 0.29) is 0 Å². The predicted molar refractivity (Wildman–Crippen MR) is 74.8 cm³/mol. The van der Waals surface area contributed by atoms with Crippen LogP contribution in [-0.2, 0) is 6.42 Å². The summed E-state index contributed by atoms with van der Waals surface area (Å²) < 4.78 is 14.7.